The highest BCUT2D eigenvalue weighted by atomic mass is 32.2. The number of primary sulfonamides is 1. The number of nitrogens with two attached hydrogens (primary N) is 1. The van der Waals surface area contributed by atoms with Crippen LogP contribution in [0.2, 0.25) is 0 Å². The van der Waals surface area contributed by atoms with Gasteiger partial charge in [-0.05, 0) is 12.1 Å². The highest BCUT2D eigenvalue weighted by Gasteiger charge is 2.38. The van der Waals surface area contributed by atoms with Gasteiger partial charge in [-0.15, -0.1) is 0 Å². The lowest BCUT2D eigenvalue weighted by molar-refractivity contribution is -0.159. The maximum Gasteiger partial charge on any atom is 0.471 e. The van der Waals surface area contributed by atoms with Crippen LogP contribution in [0.1, 0.15) is 17.0 Å². The second-order valence-electron chi connectivity index (χ2n) is 6.43. The van der Waals surface area contributed by atoms with E-state index in [-0.39, 0.29) is 35.3 Å². The number of aromatic nitrogens is 3. The van der Waals surface area contributed by atoms with E-state index >= 15 is 0 Å². The number of benzene rings is 1. The van der Waals surface area contributed by atoms with Crippen molar-refractivity contribution in [2.24, 2.45) is 5.14 Å². The summed E-state index contributed by atoms with van der Waals surface area (Å²) in [6, 6.07) is 6.91. The summed E-state index contributed by atoms with van der Waals surface area (Å²) >= 11 is 0. The number of carbonyl (C=O) groups is 1. The molecule has 0 saturated carbocycles. The summed E-state index contributed by atoms with van der Waals surface area (Å²) in [5.41, 5.74) is 1.14. The molecule has 0 saturated heterocycles. The summed E-state index contributed by atoms with van der Waals surface area (Å²) in [5, 5.41) is 10.4. The van der Waals surface area contributed by atoms with Crippen LogP contribution in [0.5, 0.6) is 5.75 Å². The number of amides is 1. The molecular formula is C18H16F3N5O6S. The third-order valence-electron chi connectivity index (χ3n) is 4.10. The van der Waals surface area contributed by atoms with Gasteiger partial charge in [-0.3, -0.25) is 0 Å². The first-order valence-corrected chi connectivity index (χ1v) is 10.5. The lowest BCUT2D eigenvalue weighted by Gasteiger charge is -2.11. The van der Waals surface area contributed by atoms with E-state index in [9.17, 15) is 26.4 Å². The number of carbonyl (C=O) groups excluding carboxylic acids is 1. The number of methoxy groups -OCH3 is 1. The van der Waals surface area contributed by atoms with Gasteiger partial charge in [0.25, 0.3) is 10.0 Å². The van der Waals surface area contributed by atoms with Crippen molar-refractivity contribution >= 4 is 16.1 Å². The normalized spacial score (nSPS) is 11.8. The number of ether oxygens (including phenoxy) is 2. The van der Waals surface area contributed by atoms with Crippen molar-refractivity contribution in [3.63, 3.8) is 0 Å². The minimum atomic E-state index is -4.76. The highest BCUT2D eigenvalue weighted by molar-refractivity contribution is 7.89. The molecule has 1 amide bonds. The zero-order valence-corrected chi connectivity index (χ0v) is 17.6. The number of nitrogens with zero attached hydrogens (tertiary/aromatic N) is 3. The number of sulfonamides is 1. The van der Waals surface area contributed by atoms with E-state index in [1.165, 1.54) is 43.6 Å². The maximum absolute atomic E-state index is 12.6. The molecule has 0 aliphatic heterocycles. The Labute approximate surface area is 184 Å². The molecule has 0 atom stereocenters. The van der Waals surface area contributed by atoms with Crippen molar-refractivity contribution < 1.29 is 40.4 Å². The second-order valence-corrected chi connectivity index (χ2v) is 7.94. The van der Waals surface area contributed by atoms with Gasteiger partial charge < -0.3 is 19.3 Å². The molecule has 0 unspecified atom stereocenters. The minimum absolute atomic E-state index is 0.0229. The topological polar surface area (TPSA) is 160 Å². The van der Waals surface area contributed by atoms with E-state index in [1.54, 1.807) is 0 Å². The quantitative estimate of drug-likeness (QED) is 0.509. The van der Waals surface area contributed by atoms with Crippen LogP contribution in [-0.2, 0) is 34.1 Å². The van der Waals surface area contributed by atoms with Gasteiger partial charge in [-0.2, -0.15) is 18.2 Å². The number of hydrogen-bond donors (Lipinski definition) is 2. The summed E-state index contributed by atoms with van der Waals surface area (Å²) in [6.45, 7) is -0.204. The summed E-state index contributed by atoms with van der Waals surface area (Å²) < 4.78 is 74.7. The Hall–Kier alpha value is -3.72. The number of alkyl carbamates (subject to hydrolysis) is 1. The van der Waals surface area contributed by atoms with Crippen molar-refractivity contribution in [1.82, 2.24) is 20.4 Å². The van der Waals surface area contributed by atoms with Gasteiger partial charge in [0.2, 0.25) is 5.82 Å². The van der Waals surface area contributed by atoms with Gasteiger partial charge in [0.15, 0.2) is 5.03 Å². The predicted octanol–water partition coefficient (Wildman–Crippen LogP) is 2.23. The van der Waals surface area contributed by atoms with E-state index in [2.05, 4.69) is 25.0 Å². The minimum Gasteiger partial charge on any atom is -0.496 e. The number of nitrogens with one attached hydrogen (secondary N) is 1. The monoisotopic (exact) mass is 487 g/mol. The van der Waals surface area contributed by atoms with Crippen LogP contribution in [-0.4, -0.2) is 36.7 Å². The maximum atomic E-state index is 12.6. The lowest BCUT2D eigenvalue weighted by atomic mass is 10.1. The third-order valence-corrected chi connectivity index (χ3v) is 4.92. The standard InChI is InChI=1S/C18H16F3N5O6S/c1-30-13-6-11(15-25-16(32-26-15)18(19,20)21)3-4-12(13)8-24-17(27)31-9-10-2-5-14(23-7-10)33(22,28)29/h2-7H,8-9H2,1H3,(H,24,27)(H2,22,28,29). The molecule has 2 aromatic heterocycles. The molecule has 11 nitrogen and oxygen atoms in total. The smallest absolute Gasteiger partial charge is 0.471 e. The zero-order chi connectivity index (χ0) is 24.2. The van der Waals surface area contributed by atoms with E-state index in [1.807, 2.05) is 0 Å². The van der Waals surface area contributed by atoms with Crippen LogP contribution < -0.4 is 15.2 Å². The number of halogens is 3. The number of hydrogen-bond acceptors (Lipinski definition) is 9. The molecular weight excluding hydrogens is 471 g/mol. The van der Waals surface area contributed by atoms with Gasteiger partial charge in [0.1, 0.15) is 12.4 Å². The Morgan fingerprint density at radius 1 is 1.24 bits per heavy atom. The molecule has 0 aliphatic rings. The Morgan fingerprint density at radius 3 is 2.58 bits per heavy atom. The molecule has 0 spiro atoms. The van der Waals surface area contributed by atoms with E-state index < -0.39 is 28.2 Å². The van der Waals surface area contributed by atoms with Crippen molar-refractivity contribution in [3.8, 4) is 17.1 Å². The fraction of sp³-hybridized carbons (Fsp3) is 0.222. The van der Waals surface area contributed by atoms with Gasteiger partial charge in [0.05, 0.1) is 7.11 Å². The molecule has 0 aliphatic carbocycles. The van der Waals surface area contributed by atoms with Crippen LogP contribution in [0, 0.1) is 0 Å². The second kappa shape index (κ2) is 9.41. The number of pyridine rings is 1. The Kier molecular flexibility index (Phi) is 6.83. The molecule has 15 heteroatoms. The van der Waals surface area contributed by atoms with Crippen molar-refractivity contribution in [3.05, 3.63) is 53.5 Å². The fourth-order valence-electron chi connectivity index (χ4n) is 2.52. The molecule has 3 aromatic rings. The average Bonchev–Trinajstić information content (AvgIpc) is 3.27. The van der Waals surface area contributed by atoms with Crippen LogP contribution >= 0.6 is 0 Å². The lowest BCUT2D eigenvalue weighted by Crippen LogP contribution is -2.24. The first-order chi connectivity index (χ1) is 15.5. The van der Waals surface area contributed by atoms with E-state index in [0.717, 1.165) is 0 Å². The van der Waals surface area contributed by atoms with E-state index in [0.29, 0.717) is 11.1 Å². The van der Waals surface area contributed by atoms with Crippen molar-refractivity contribution in [2.45, 2.75) is 24.4 Å². The average molecular weight is 487 g/mol. The molecule has 33 heavy (non-hydrogen) atoms. The Bertz CT molecular complexity index is 1250. The SMILES string of the molecule is COc1cc(-c2noc(C(F)(F)F)n2)ccc1CNC(=O)OCc1ccc(S(N)(=O)=O)nc1. The molecule has 3 rings (SSSR count). The van der Waals surface area contributed by atoms with Crippen LogP contribution in [0.4, 0.5) is 18.0 Å². The Morgan fingerprint density at radius 2 is 2.00 bits per heavy atom. The summed E-state index contributed by atoms with van der Waals surface area (Å²) in [4.78, 5) is 18.9. The van der Waals surface area contributed by atoms with Crippen molar-refractivity contribution in [1.29, 1.82) is 0 Å². The number of rotatable bonds is 7. The first-order valence-electron chi connectivity index (χ1n) is 8.94. The summed E-state index contributed by atoms with van der Waals surface area (Å²) in [7, 11) is -2.59. The van der Waals surface area contributed by atoms with Gasteiger partial charge in [-0.25, -0.2) is 23.3 Å². The van der Waals surface area contributed by atoms with Gasteiger partial charge in [0, 0.05) is 29.4 Å². The van der Waals surface area contributed by atoms with Crippen molar-refractivity contribution in [2.75, 3.05) is 7.11 Å². The molecule has 0 bridgehead atoms. The zero-order valence-electron chi connectivity index (χ0n) is 16.8. The fourth-order valence-corrected chi connectivity index (χ4v) is 2.97. The predicted molar refractivity (Wildman–Crippen MR) is 104 cm³/mol. The molecule has 0 radical (unpaired) electrons. The largest absolute Gasteiger partial charge is 0.496 e. The van der Waals surface area contributed by atoms with Crippen LogP contribution in [0.3, 0.4) is 0 Å². The highest BCUT2D eigenvalue weighted by Crippen LogP contribution is 2.31. The third kappa shape index (κ3) is 6.17. The molecule has 176 valence electrons. The van der Waals surface area contributed by atoms with Gasteiger partial charge >= 0.3 is 18.2 Å². The molecule has 1 aromatic carbocycles. The van der Waals surface area contributed by atoms with Crippen LogP contribution in [0.25, 0.3) is 11.4 Å². The first kappa shape index (κ1) is 23.9. The molecule has 2 heterocycles. The Balaban J connectivity index is 1.59. The summed E-state index contributed by atoms with van der Waals surface area (Å²) in [5.74, 6) is -1.49. The van der Waals surface area contributed by atoms with Gasteiger partial charge in [-0.1, -0.05) is 23.4 Å². The van der Waals surface area contributed by atoms with Crippen LogP contribution in [0.15, 0.2) is 46.1 Å². The molecule has 3 N–H and O–H groups in total. The van der Waals surface area contributed by atoms with E-state index in [4.69, 9.17) is 14.6 Å². The molecule has 0 fully saturated rings. The summed E-state index contributed by atoms with van der Waals surface area (Å²) in [6.07, 6.45) is -4.35. The number of alkyl halides is 3.